The highest BCUT2D eigenvalue weighted by molar-refractivity contribution is 5.15. The maximum absolute atomic E-state index is 12.0. The Morgan fingerprint density at radius 3 is 2.53 bits per heavy atom. The Bertz CT molecular complexity index is 271. The molecule has 98 valence electrons. The van der Waals surface area contributed by atoms with Crippen LogP contribution in [0, 0.1) is 5.92 Å². The van der Waals surface area contributed by atoms with E-state index in [1.54, 1.807) is 6.08 Å². The number of rotatable bonds is 8. The van der Waals surface area contributed by atoms with Crippen molar-refractivity contribution in [1.29, 1.82) is 0 Å². The molecule has 0 spiro atoms. The topological polar surface area (TPSA) is 0 Å². The summed E-state index contributed by atoms with van der Waals surface area (Å²) < 4.78 is 12.0. The highest BCUT2D eigenvalue weighted by atomic mass is 19.1. The van der Waals surface area contributed by atoms with Gasteiger partial charge in [-0.1, -0.05) is 49.3 Å². The second-order valence-corrected chi connectivity index (χ2v) is 4.83. The molecule has 0 amide bonds. The molecule has 0 heterocycles. The van der Waals surface area contributed by atoms with Crippen molar-refractivity contribution in [1.82, 2.24) is 0 Å². The van der Waals surface area contributed by atoms with Crippen molar-refractivity contribution in [2.24, 2.45) is 5.92 Å². The van der Waals surface area contributed by atoms with Crippen molar-refractivity contribution in [2.45, 2.75) is 53.4 Å². The van der Waals surface area contributed by atoms with Gasteiger partial charge in [0.25, 0.3) is 0 Å². The zero-order valence-electron chi connectivity index (χ0n) is 11.8. The fraction of sp³-hybridized carbons (Fsp3) is 0.625. The van der Waals surface area contributed by atoms with Crippen LogP contribution in [0.2, 0.25) is 0 Å². The number of alkyl halides is 1. The van der Waals surface area contributed by atoms with Crippen molar-refractivity contribution in [3.63, 3.8) is 0 Å². The lowest BCUT2D eigenvalue weighted by Gasteiger charge is -2.06. The zero-order chi connectivity index (χ0) is 13.1. The molecule has 0 fully saturated rings. The minimum Gasteiger partial charge on any atom is -0.247 e. The predicted octanol–water partition coefficient (Wildman–Crippen LogP) is 5.62. The van der Waals surface area contributed by atoms with E-state index < -0.39 is 0 Å². The molecule has 0 aliphatic carbocycles. The standard InChI is InChI=1S/C16H27F/c1-5-14(2)8-6-9-15(3)10-7-11-16(4)12-13-17/h7-8,11-12,15H,5-6,9-10,13H2,1-4H3. The minimum atomic E-state index is -0.368. The third-order valence-corrected chi connectivity index (χ3v) is 3.03. The van der Waals surface area contributed by atoms with Crippen LogP contribution < -0.4 is 0 Å². The van der Waals surface area contributed by atoms with Gasteiger partial charge >= 0.3 is 0 Å². The normalized spacial score (nSPS) is 15.6. The number of allylic oxidation sites excluding steroid dienone is 6. The Morgan fingerprint density at radius 2 is 1.94 bits per heavy atom. The van der Waals surface area contributed by atoms with Gasteiger partial charge in [0, 0.05) is 0 Å². The van der Waals surface area contributed by atoms with E-state index in [0.29, 0.717) is 5.92 Å². The molecule has 0 nitrogen and oxygen atoms in total. The molecule has 0 saturated carbocycles. The maximum Gasteiger partial charge on any atom is 0.108 e. The molecule has 17 heavy (non-hydrogen) atoms. The zero-order valence-corrected chi connectivity index (χ0v) is 11.8. The molecule has 0 aromatic rings. The Balaban J connectivity index is 3.80. The highest BCUT2D eigenvalue weighted by Crippen LogP contribution is 2.13. The Kier molecular flexibility index (Phi) is 9.80. The smallest absolute Gasteiger partial charge is 0.108 e. The Labute approximate surface area is 106 Å². The van der Waals surface area contributed by atoms with Crippen molar-refractivity contribution >= 4 is 0 Å². The monoisotopic (exact) mass is 238 g/mol. The second-order valence-electron chi connectivity index (χ2n) is 4.83. The van der Waals surface area contributed by atoms with Crippen molar-refractivity contribution in [2.75, 3.05) is 6.67 Å². The van der Waals surface area contributed by atoms with Crippen molar-refractivity contribution < 1.29 is 4.39 Å². The van der Waals surface area contributed by atoms with E-state index in [-0.39, 0.29) is 6.67 Å². The highest BCUT2D eigenvalue weighted by Gasteiger charge is 1.98. The summed E-state index contributed by atoms with van der Waals surface area (Å²) in [5, 5.41) is 0. The Morgan fingerprint density at radius 1 is 1.24 bits per heavy atom. The van der Waals surface area contributed by atoms with Crippen LogP contribution in [0.3, 0.4) is 0 Å². The molecule has 1 heteroatoms. The van der Waals surface area contributed by atoms with Crippen LogP contribution in [0.15, 0.2) is 35.5 Å². The number of hydrogen-bond acceptors (Lipinski definition) is 0. The summed E-state index contributed by atoms with van der Waals surface area (Å²) in [6.07, 6.45) is 12.8. The predicted molar refractivity (Wildman–Crippen MR) is 75.9 cm³/mol. The first-order valence-electron chi connectivity index (χ1n) is 6.65. The van der Waals surface area contributed by atoms with Gasteiger partial charge in [-0.15, -0.1) is 0 Å². The van der Waals surface area contributed by atoms with Crippen LogP contribution in [-0.2, 0) is 0 Å². The van der Waals surface area contributed by atoms with Crippen molar-refractivity contribution in [3.05, 3.63) is 35.5 Å². The van der Waals surface area contributed by atoms with E-state index in [1.807, 2.05) is 13.0 Å². The molecule has 1 unspecified atom stereocenters. The molecule has 0 bridgehead atoms. The second kappa shape index (κ2) is 10.3. The van der Waals surface area contributed by atoms with Crippen LogP contribution in [0.1, 0.15) is 53.4 Å². The lowest BCUT2D eigenvalue weighted by Crippen LogP contribution is -1.91. The molecule has 0 radical (unpaired) electrons. The van der Waals surface area contributed by atoms with E-state index in [1.165, 1.54) is 18.4 Å². The third kappa shape index (κ3) is 10.0. The minimum absolute atomic E-state index is 0.368. The summed E-state index contributed by atoms with van der Waals surface area (Å²) in [5.41, 5.74) is 2.50. The van der Waals surface area contributed by atoms with Crippen LogP contribution in [-0.4, -0.2) is 6.67 Å². The summed E-state index contributed by atoms with van der Waals surface area (Å²) >= 11 is 0. The van der Waals surface area contributed by atoms with E-state index in [2.05, 4.69) is 32.9 Å². The van der Waals surface area contributed by atoms with Crippen molar-refractivity contribution in [3.8, 4) is 0 Å². The molecule has 0 saturated heterocycles. The average Bonchev–Trinajstić information content (AvgIpc) is 2.29. The fourth-order valence-corrected chi connectivity index (χ4v) is 1.55. The SMILES string of the molecule is CCC(C)=CCCC(C)CC=CC(C)=CCF. The molecule has 0 aromatic heterocycles. The lowest BCUT2D eigenvalue weighted by atomic mass is 10.00. The first kappa shape index (κ1) is 16.1. The largest absolute Gasteiger partial charge is 0.247 e. The lowest BCUT2D eigenvalue weighted by molar-refractivity contribution is 0.545. The van der Waals surface area contributed by atoms with Crippen LogP contribution >= 0.6 is 0 Å². The van der Waals surface area contributed by atoms with Gasteiger partial charge in [-0.3, -0.25) is 0 Å². The van der Waals surface area contributed by atoms with Crippen LogP contribution in [0.4, 0.5) is 4.39 Å². The van der Waals surface area contributed by atoms with Gasteiger partial charge < -0.3 is 0 Å². The van der Waals surface area contributed by atoms with E-state index in [0.717, 1.165) is 18.4 Å². The summed E-state index contributed by atoms with van der Waals surface area (Å²) in [6.45, 7) is 8.22. The Hall–Kier alpha value is -0.850. The van der Waals surface area contributed by atoms with Gasteiger partial charge in [-0.25, -0.2) is 4.39 Å². The van der Waals surface area contributed by atoms with Gasteiger partial charge in [0.05, 0.1) is 0 Å². The van der Waals surface area contributed by atoms with Crippen LogP contribution in [0.25, 0.3) is 0 Å². The van der Waals surface area contributed by atoms with Crippen LogP contribution in [0.5, 0.6) is 0 Å². The molecular formula is C16H27F. The van der Waals surface area contributed by atoms with Gasteiger partial charge in [-0.2, -0.15) is 0 Å². The quantitative estimate of drug-likeness (QED) is 0.380. The van der Waals surface area contributed by atoms with Gasteiger partial charge in [0.2, 0.25) is 0 Å². The summed E-state index contributed by atoms with van der Waals surface area (Å²) in [6, 6.07) is 0. The molecule has 0 N–H and O–H groups in total. The fourth-order valence-electron chi connectivity index (χ4n) is 1.55. The molecule has 0 rings (SSSR count). The molecule has 1 atom stereocenters. The first-order valence-corrected chi connectivity index (χ1v) is 6.65. The third-order valence-electron chi connectivity index (χ3n) is 3.03. The maximum atomic E-state index is 12.0. The average molecular weight is 238 g/mol. The van der Waals surface area contributed by atoms with Gasteiger partial charge in [-0.05, 0) is 45.4 Å². The molecule has 0 aliphatic heterocycles. The summed E-state index contributed by atoms with van der Waals surface area (Å²) in [5.74, 6) is 0.699. The van der Waals surface area contributed by atoms with Gasteiger partial charge in [0.1, 0.15) is 6.67 Å². The number of hydrogen-bond donors (Lipinski definition) is 0. The summed E-state index contributed by atoms with van der Waals surface area (Å²) in [4.78, 5) is 0. The van der Waals surface area contributed by atoms with E-state index >= 15 is 0 Å². The summed E-state index contributed by atoms with van der Waals surface area (Å²) in [7, 11) is 0. The van der Waals surface area contributed by atoms with E-state index in [4.69, 9.17) is 0 Å². The van der Waals surface area contributed by atoms with E-state index in [9.17, 15) is 4.39 Å². The number of halogens is 1. The van der Waals surface area contributed by atoms with Gasteiger partial charge in [0.15, 0.2) is 0 Å². The molecule has 0 aliphatic rings. The molecular weight excluding hydrogens is 211 g/mol. The molecule has 0 aromatic carbocycles. The first-order chi connectivity index (χ1) is 8.10.